The topological polar surface area (TPSA) is 46.6 Å². The third-order valence-electron chi connectivity index (χ3n) is 1.34. The molecule has 0 aliphatic rings. The summed E-state index contributed by atoms with van der Waals surface area (Å²) in [5.74, 6) is -0.829. The molecule has 0 unspecified atom stereocenters. The van der Waals surface area contributed by atoms with Crippen LogP contribution in [0.25, 0.3) is 0 Å². The van der Waals surface area contributed by atoms with Gasteiger partial charge in [-0.1, -0.05) is 30.8 Å². The average molecular weight is 354 g/mol. The Balaban J connectivity index is -0.000000158. The van der Waals surface area contributed by atoms with Gasteiger partial charge in [0.1, 0.15) is 39.1 Å². The van der Waals surface area contributed by atoms with E-state index in [1.807, 2.05) is 56.3 Å². The van der Waals surface area contributed by atoms with Gasteiger partial charge in [0, 0.05) is 20.3 Å². The molecule has 0 aliphatic carbocycles. The normalized spacial score (nSPS) is 7.55. The lowest BCUT2D eigenvalue weighted by Crippen LogP contribution is -2.11. The number of carboxylic acid groups (broad SMARTS) is 1. The molecule has 0 atom stereocenters. The molecular formula is C14H32BrN3O2+2. The van der Waals surface area contributed by atoms with E-state index in [-0.39, 0.29) is 20.2 Å². The SMILES string of the molecule is C.C.CN(C)C=C(C=[N+](C)C)C=[N+](C)C.O=C(O)CBr. The summed E-state index contributed by atoms with van der Waals surface area (Å²) in [6, 6.07) is 0. The van der Waals surface area contributed by atoms with Gasteiger partial charge >= 0.3 is 5.97 Å². The zero-order valence-electron chi connectivity index (χ0n) is 12.0. The number of halogens is 1. The first-order chi connectivity index (χ1) is 8.18. The van der Waals surface area contributed by atoms with Gasteiger partial charge in [-0.3, -0.25) is 4.79 Å². The van der Waals surface area contributed by atoms with Gasteiger partial charge in [0.15, 0.2) is 12.4 Å². The summed E-state index contributed by atoms with van der Waals surface area (Å²) < 4.78 is 4.07. The molecule has 5 nitrogen and oxygen atoms in total. The van der Waals surface area contributed by atoms with Crippen molar-refractivity contribution in [2.24, 2.45) is 0 Å². The zero-order valence-corrected chi connectivity index (χ0v) is 13.6. The summed E-state index contributed by atoms with van der Waals surface area (Å²) in [5, 5.41) is 7.71. The fourth-order valence-electron chi connectivity index (χ4n) is 0.994. The summed E-state index contributed by atoms with van der Waals surface area (Å²) in [6.07, 6.45) is 6.25. The van der Waals surface area contributed by atoms with Crippen LogP contribution >= 0.6 is 15.9 Å². The maximum absolute atomic E-state index is 9.32. The molecule has 1 N–H and O–H groups in total. The van der Waals surface area contributed by atoms with Crippen molar-refractivity contribution in [2.45, 2.75) is 14.9 Å². The van der Waals surface area contributed by atoms with Gasteiger partial charge in [-0.15, -0.1) is 0 Å². The molecule has 0 aromatic heterocycles. The molecule has 0 radical (unpaired) electrons. The molecule has 0 fully saturated rings. The van der Waals surface area contributed by atoms with E-state index in [2.05, 4.69) is 34.6 Å². The monoisotopic (exact) mass is 353 g/mol. The van der Waals surface area contributed by atoms with Crippen molar-refractivity contribution in [1.29, 1.82) is 0 Å². The Kier molecular flexibility index (Phi) is 21.6. The molecule has 0 amide bonds. The summed E-state index contributed by atoms with van der Waals surface area (Å²) in [6.45, 7) is 0. The highest BCUT2D eigenvalue weighted by Crippen LogP contribution is 1.87. The number of alkyl halides is 1. The number of carbonyl (C=O) groups is 1. The Labute approximate surface area is 133 Å². The van der Waals surface area contributed by atoms with Crippen LogP contribution in [0.5, 0.6) is 0 Å². The van der Waals surface area contributed by atoms with Crippen molar-refractivity contribution in [2.75, 3.05) is 47.6 Å². The van der Waals surface area contributed by atoms with Gasteiger partial charge in [0.05, 0.1) is 0 Å². The summed E-state index contributed by atoms with van der Waals surface area (Å²) in [7, 11) is 12.1. The fourth-order valence-corrected chi connectivity index (χ4v) is 0.994. The van der Waals surface area contributed by atoms with Gasteiger partial charge in [-0.2, -0.15) is 0 Å². The average Bonchev–Trinajstić information content (AvgIpc) is 2.14. The Bertz CT molecular complexity index is 320. The van der Waals surface area contributed by atoms with E-state index in [1.165, 1.54) is 5.57 Å². The first kappa shape index (κ1) is 27.2. The van der Waals surface area contributed by atoms with Crippen LogP contribution in [0.4, 0.5) is 0 Å². The fraction of sp³-hybridized carbons (Fsp3) is 0.643. The number of carboxylic acids is 1. The van der Waals surface area contributed by atoms with E-state index in [4.69, 9.17) is 5.11 Å². The molecule has 0 saturated heterocycles. The second-order valence-electron chi connectivity index (χ2n) is 4.31. The lowest BCUT2D eigenvalue weighted by atomic mass is 10.3. The van der Waals surface area contributed by atoms with Crippen molar-refractivity contribution < 1.29 is 19.1 Å². The van der Waals surface area contributed by atoms with Crippen molar-refractivity contribution in [3.05, 3.63) is 11.8 Å². The van der Waals surface area contributed by atoms with Crippen LogP contribution in [0, 0.1) is 0 Å². The predicted octanol–water partition coefficient (Wildman–Crippen LogP) is 1.86. The minimum Gasteiger partial charge on any atom is -0.481 e. The highest BCUT2D eigenvalue weighted by molar-refractivity contribution is 9.09. The molecule has 0 heterocycles. The first-order valence-corrected chi connectivity index (χ1v) is 6.49. The second-order valence-corrected chi connectivity index (χ2v) is 4.87. The Morgan fingerprint density at radius 3 is 1.55 bits per heavy atom. The van der Waals surface area contributed by atoms with Crippen molar-refractivity contribution in [3.63, 3.8) is 0 Å². The maximum atomic E-state index is 9.32. The Morgan fingerprint density at radius 2 is 1.40 bits per heavy atom. The third-order valence-corrected chi connectivity index (χ3v) is 1.82. The van der Waals surface area contributed by atoms with Gasteiger partial charge in [-0.25, -0.2) is 9.15 Å². The molecular weight excluding hydrogens is 322 g/mol. The molecule has 0 rings (SSSR count). The van der Waals surface area contributed by atoms with Gasteiger partial charge in [0.2, 0.25) is 0 Å². The summed E-state index contributed by atoms with van der Waals surface area (Å²) >= 11 is 2.71. The van der Waals surface area contributed by atoms with Gasteiger partial charge in [0.25, 0.3) is 0 Å². The molecule has 120 valence electrons. The summed E-state index contributed by atoms with van der Waals surface area (Å²) in [5.41, 5.74) is 1.18. The Hall–Kier alpha value is -1.17. The van der Waals surface area contributed by atoms with Crippen molar-refractivity contribution >= 4 is 34.3 Å². The zero-order chi connectivity index (χ0) is 14.7. The highest BCUT2D eigenvalue weighted by atomic mass is 79.9. The number of allylic oxidation sites excluding steroid dienone is 1. The smallest absolute Gasteiger partial charge is 0.314 e. The minimum atomic E-state index is -0.829. The van der Waals surface area contributed by atoms with Crippen LogP contribution in [-0.2, 0) is 4.79 Å². The van der Waals surface area contributed by atoms with E-state index in [1.54, 1.807) is 0 Å². The van der Waals surface area contributed by atoms with E-state index < -0.39 is 5.97 Å². The molecule has 0 spiro atoms. The third kappa shape index (κ3) is 25.6. The van der Waals surface area contributed by atoms with E-state index in [0.717, 1.165) is 0 Å². The van der Waals surface area contributed by atoms with Crippen molar-refractivity contribution in [1.82, 2.24) is 4.90 Å². The van der Waals surface area contributed by atoms with Gasteiger partial charge < -0.3 is 10.0 Å². The van der Waals surface area contributed by atoms with Gasteiger partial charge in [-0.05, 0) is 0 Å². The van der Waals surface area contributed by atoms with Crippen LogP contribution in [-0.4, -0.2) is 85.2 Å². The van der Waals surface area contributed by atoms with Crippen LogP contribution in [0.2, 0.25) is 0 Å². The lowest BCUT2D eigenvalue weighted by Gasteiger charge is -2.03. The van der Waals surface area contributed by atoms with E-state index in [0.29, 0.717) is 0 Å². The molecule has 0 bridgehead atoms. The van der Waals surface area contributed by atoms with E-state index in [9.17, 15) is 4.79 Å². The standard InChI is InChI=1S/C10H21N3.C2H3BrO2.2CH4/c1-11(2)7-10(8-12(3)4)9-13(5)6;3-1-2(4)5;;/h7-9H,1-6H3;1H2,(H,4,5);2*1H4/q+2;;;. The summed E-state index contributed by atoms with van der Waals surface area (Å²) in [4.78, 5) is 11.4. The number of rotatable bonds is 4. The molecule has 6 heteroatoms. The Morgan fingerprint density at radius 1 is 1.10 bits per heavy atom. The first-order valence-electron chi connectivity index (χ1n) is 5.37. The molecule has 20 heavy (non-hydrogen) atoms. The van der Waals surface area contributed by atoms with Crippen LogP contribution in [0.3, 0.4) is 0 Å². The number of hydrogen-bond acceptors (Lipinski definition) is 2. The molecule has 0 aromatic carbocycles. The molecule has 0 saturated carbocycles. The number of aliphatic carboxylic acids is 1. The van der Waals surface area contributed by atoms with Crippen molar-refractivity contribution in [3.8, 4) is 0 Å². The lowest BCUT2D eigenvalue weighted by molar-refractivity contribution is -0.462. The van der Waals surface area contributed by atoms with Crippen LogP contribution in [0.1, 0.15) is 14.9 Å². The maximum Gasteiger partial charge on any atom is 0.314 e. The predicted molar refractivity (Wildman–Crippen MR) is 93.0 cm³/mol. The second kappa shape index (κ2) is 15.9. The minimum absolute atomic E-state index is 0. The van der Waals surface area contributed by atoms with Crippen LogP contribution < -0.4 is 0 Å². The molecule has 0 aromatic rings. The van der Waals surface area contributed by atoms with Crippen LogP contribution in [0.15, 0.2) is 11.8 Å². The largest absolute Gasteiger partial charge is 0.481 e. The quantitative estimate of drug-likeness (QED) is 0.476. The highest BCUT2D eigenvalue weighted by Gasteiger charge is 1.99. The molecule has 0 aliphatic heterocycles. The van der Waals surface area contributed by atoms with E-state index >= 15 is 0 Å². The number of nitrogens with zero attached hydrogens (tertiary/aromatic N) is 3. The number of hydrogen-bond donors (Lipinski definition) is 1.